The summed E-state index contributed by atoms with van der Waals surface area (Å²) in [6.07, 6.45) is 6.44. The quantitative estimate of drug-likeness (QED) is 0.611. The van der Waals surface area contributed by atoms with E-state index in [2.05, 4.69) is 19.7 Å². The lowest BCUT2D eigenvalue weighted by Crippen LogP contribution is -1.88. The van der Waals surface area contributed by atoms with Crippen molar-refractivity contribution in [1.29, 1.82) is 0 Å². The zero-order chi connectivity index (χ0) is 18.3. The van der Waals surface area contributed by atoms with Crippen LogP contribution in [-0.2, 0) is 10.1 Å². The number of benzene rings is 2. The molecule has 0 aliphatic rings. The molecule has 1 N–H and O–H groups in total. The van der Waals surface area contributed by atoms with Gasteiger partial charge in [-0.05, 0) is 17.2 Å². The molecule has 0 saturated carbocycles. The summed E-state index contributed by atoms with van der Waals surface area (Å²) in [5, 5.41) is 0.752. The Morgan fingerprint density at radius 2 is 1.17 bits per heavy atom. The first-order valence-electron chi connectivity index (χ1n) is 7.04. The second-order valence-corrected chi connectivity index (χ2v) is 5.62. The lowest BCUT2D eigenvalue weighted by Gasteiger charge is -1.89. The molecule has 0 amide bonds. The fourth-order valence-electron chi connectivity index (χ4n) is 1.32. The second kappa shape index (κ2) is 12.8. The molecule has 24 heavy (non-hydrogen) atoms. The smallest absolute Gasteiger partial charge is 0.282 e. The zero-order valence-corrected chi connectivity index (χ0v) is 14.3. The highest BCUT2D eigenvalue weighted by atomic mass is 32.2. The van der Waals surface area contributed by atoms with E-state index < -0.39 is 10.1 Å². The van der Waals surface area contributed by atoms with Crippen LogP contribution in [0.1, 0.15) is 11.1 Å². The van der Waals surface area contributed by atoms with E-state index in [0.29, 0.717) is 0 Å². The van der Waals surface area contributed by atoms with Crippen molar-refractivity contribution in [3.8, 4) is 0 Å². The van der Waals surface area contributed by atoms with Crippen molar-refractivity contribution >= 4 is 22.3 Å². The third-order valence-electron chi connectivity index (χ3n) is 2.43. The normalized spacial score (nSPS) is 9.71. The molecule has 0 aliphatic heterocycles. The molecule has 126 valence electrons. The lowest BCUT2D eigenvalue weighted by molar-refractivity contribution is 0.494. The molecule has 0 aromatic heterocycles. The van der Waals surface area contributed by atoms with Crippen molar-refractivity contribution in [1.82, 2.24) is 0 Å². The number of hydrogen-bond acceptors (Lipinski definition) is 2. The Labute approximate surface area is 144 Å². The molecule has 0 bridgehead atoms. The number of hydrogen-bond donors (Lipinski definition) is 1. The molecule has 0 saturated heterocycles. The highest BCUT2D eigenvalue weighted by molar-refractivity contribution is 7.88. The van der Waals surface area contributed by atoms with Gasteiger partial charge in [0.05, 0.1) is 5.41 Å². The van der Waals surface area contributed by atoms with Crippen LogP contribution in [0.15, 0.2) is 98.0 Å². The molecule has 0 fully saturated rings. The molecule has 2 aromatic carbocycles. The maximum absolute atomic E-state index is 10.3. The van der Waals surface area contributed by atoms with Gasteiger partial charge in [-0.25, -0.2) is 0 Å². The van der Waals surface area contributed by atoms with Gasteiger partial charge in [-0.2, -0.15) is 8.42 Å². The average Bonchev–Trinajstić information content (AvgIpc) is 2.62. The maximum Gasteiger partial charge on any atom is 0.287 e. The van der Waals surface area contributed by atoms with Crippen LogP contribution in [-0.4, -0.2) is 13.0 Å². The van der Waals surface area contributed by atoms with Gasteiger partial charge in [-0.3, -0.25) is 4.55 Å². The highest BCUT2D eigenvalue weighted by Gasteiger charge is 1.94. The van der Waals surface area contributed by atoms with E-state index in [9.17, 15) is 8.42 Å². The molecule has 0 aliphatic carbocycles. The van der Waals surface area contributed by atoms with Crippen molar-refractivity contribution in [2.45, 2.75) is 0 Å². The molecule has 0 unspecified atom stereocenters. The summed E-state index contributed by atoms with van der Waals surface area (Å²) >= 11 is 0. The van der Waals surface area contributed by atoms with E-state index in [1.807, 2.05) is 42.5 Å². The molecule has 0 spiro atoms. The average molecular weight is 342 g/mol. The van der Waals surface area contributed by atoms with Crippen molar-refractivity contribution in [3.05, 3.63) is 109 Å². The molecule has 0 atom stereocenters. The Morgan fingerprint density at radius 1 is 0.750 bits per heavy atom. The summed E-state index contributed by atoms with van der Waals surface area (Å²) in [4.78, 5) is 0. The van der Waals surface area contributed by atoms with Gasteiger partial charge in [-0.1, -0.05) is 98.6 Å². The van der Waals surface area contributed by atoms with Gasteiger partial charge in [0.1, 0.15) is 0 Å². The largest absolute Gasteiger partial charge is 0.287 e. The highest BCUT2D eigenvalue weighted by Crippen LogP contribution is 2.02. The first-order chi connectivity index (χ1) is 11.4. The van der Waals surface area contributed by atoms with E-state index in [1.165, 1.54) is 11.6 Å². The topological polar surface area (TPSA) is 54.4 Å². The van der Waals surface area contributed by atoms with Crippen LogP contribution in [0.3, 0.4) is 0 Å². The van der Waals surface area contributed by atoms with E-state index >= 15 is 0 Å². The Hall–Kier alpha value is -2.69. The van der Waals surface area contributed by atoms with E-state index in [4.69, 9.17) is 4.55 Å². The minimum atomic E-state index is -4.00. The fourth-order valence-corrected chi connectivity index (χ4v) is 1.65. The van der Waals surface area contributed by atoms with Crippen LogP contribution in [0.25, 0.3) is 12.2 Å². The standard InChI is InChI=1S/C8H8O3S.C8H8.C4H6/c9-12(10,11)7-6-8-4-2-1-3-5-8;1-2-8-6-4-3-5-7-8;1-3-4-2/h1-7H,(H,9,10,11);2-7H,1H2;3-4H,1-2H2. The molecule has 4 heteroatoms. The van der Waals surface area contributed by atoms with Gasteiger partial charge >= 0.3 is 0 Å². The maximum atomic E-state index is 10.3. The molecule has 2 rings (SSSR count). The van der Waals surface area contributed by atoms with Crippen LogP contribution in [0, 0.1) is 0 Å². The van der Waals surface area contributed by atoms with Crippen LogP contribution < -0.4 is 0 Å². The SMILES string of the molecule is C=CC=C.C=Cc1ccccc1.O=S(=O)(O)C=Cc1ccccc1. The van der Waals surface area contributed by atoms with Crippen LogP contribution in [0.2, 0.25) is 0 Å². The van der Waals surface area contributed by atoms with Crippen LogP contribution in [0.5, 0.6) is 0 Å². The molecule has 3 nitrogen and oxygen atoms in total. The van der Waals surface area contributed by atoms with E-state index in [-0.39, 0.29) is 0 Å². The summed E-state index contributed by atoms with van der Waals surface area (Å²) in [6.45, 7) is 10.4. The molecule has 2 aromatic rings. The first-order valence-corrected chi connectivity index (χ1v) is 8.54. The van der Waals surface area contributed by atoms with E-state index in [0.717, 1.165) is 11.0 Å². The summed E-state index contributed by atoms with van der Waals surface area (Å²) in [5.41, 5.74) is 1.91. The Balaban J connectivity index is 0.000000379. The van der Waals surface area contributed by atoms with Crippen molar-refractivity contribution in [3.63, 3.8) is 0 Å². The zero-order valence-electron chi connectivity index (χ0n) is 13.5. The van der Waals surface area contributed by atoms with E-state index in [1.54, 1.807) is 36.4 Å². The van der Waals surface area contributed by atoms with Gasteiger partial charge in [0.2, 0.25) is 0 Å². The van der Waals surface area contributed by atoms with Gasteiger partial charge in [0.25, 0.3) is 10.1 Å². The van der Waals surface area contributed by atoms with Crippen molar-refractivity contribution in [2.75, 3.05) is 0 Å². The predicted molar refractivity (Wildman–Crippen MR) is 104 cm³/mol. The number of allylic oxidation sites excluding steroid dienone is 2. The predicted octanol–water partition coefficient (Wildman–Crippen LogP) is 5.23. The molecular formula is C20H22O3S. The molecule has 0 radical (unpaired) electrons. The Kier molecular flexibility index (Phi) is 11.4. The Morgan fingerprint density at radius 3 is 1.46 bits per heavy atom. The van der Waals surface area contributed by atoms with Gasteiger partial charge in [0, 0.05) is 0 Å². The lowest BCUT2D eigenvalue weighted by atomic mass is 10.2. The molecular weight excluding hydrogens is 320 g/mol. The Bertz CT molecular complexity index is 725. The van der Waals surface area contributed by atoms with Crippen LogP contribution in [0.4, 0.5) is 0 Å². The van der Waals surface area contributed by atoms with Gasteiger partial charge < -0.3 is 0 Å². The third-order valence-corrected chi connectivity index (χ3v) is 2.91. The van der Waals surface area contributed by atoms with Gasteiger partial charge in [0.15, 0.2) is 0 Å². The van der Waals surface area contributed by atoms with Crippen LogP contribution >= 0.6 is 0 Å². The van der Waals surface area contributed by atoms with Crippen molar-refractivity contribution < 1.29 is 13.0 Å². The number of rotatable bonds is 4. The summed E-state index contributed by atoms with van der Waals surface area (Å²) in [5.74, 6) is 0. The molecule has 0 heterocycles. The third kappa shape index (κ3) is 13.0. The monoisotopic (exact) mass is 342 g/mol. The summed E-state index contributed by atoms with van der Waals surface area (Å²) in [6, 6.07) is 18.9. The van der Waals surface area contributed by atoms with Gasteiger partial charge in [-0.15, -0.1) is 0 Å². The minimum Gasteiger partial charge on any atom is -0.282 e. The fraction of sp³-hybridized carbons (Fsp3) is 0. The summed E-state index contributed by atoms with van der Waals surface area (Å²) < 4.78 is 28.9. The van der Waals surface area contributed by atoms with Crippen molar-refractivity contribution in [2.24, 2.45) is 0 Å². The first kappa shape index (κ1) is 21.3. The second-order valence-electron chi connectivity index (χ2n) is 4.31. The summed E-state index contributed by atoms with van der Waals surface area (Å²) in [7, 11) is -4.00. The minimum absolute atomic E-state index is 0.732.